The molecule has 210 valence electrons. The summed E-state index contributed by atoms with van der Waals surface area (Å²) >= 11 is 0. The highest BCUT2D eigenvalue weighted by Gasteiger charge is 2.37. The van der Waals surface area contributed by atoms with Crippen LogP contribution in [0.5, 0.6) is 5.75 Å². The third-order valence-electron chi connectivity index (χ3n) is 6.21. The highest BCUT2D eigenvalue weighted by Crippen LogP contribution is 2.27. The summed E-state index contributed by atoms with van der Waals surface area (Å²) in [6.07, 6.45) is 6.08. The van der Waals surface area contributed by atoms with Crippen molar-refractivity contribution in [2.45, 2.75) is 72.1 Å². The minimum Gasteiger partial charge on any atom is -0.497 e. The van der Waals surface area contributed by atoms with Crippen LogP contribution in [0, 0.1) is 18.3 Å². The van der Waals surface area contributed by atoms with Gasteiger partial charge in [0.2, 0.25) is 5.91 Å². The molecule has 0 saturated heterocycles. The number of hydrogen-bond donors (Lipinski definition) is 2. The Balaban J connectivity index is 2.51. The van der Waals surface area contributed by atoms with Gasteiger partial charge in [0.05, 0.1) is 7.11 Å². The molecule has 0 bridgehead atoms. The van der Waals surface area contributed by atoms with Crippen molar-refractivity contribution >= 4 is 23.6 Å². The number of nitrogens with one attached hydrogen (secondary N) is 2. The lowest BCUT2D eigenvalue weighted by atomic mass is 9.95. The summed E-state index contributed by atoms with van der Waals surface area (Å²) in [5.41, 5.74) is 1.09. The summed E-state index contributed by atoms with van der Waals surface area (Å²) in [4.78, 5) is 42.2. The topological polar surface area (TPSA) is 97.0 Å². The molecule has 0 fully saturated rings. The smallest absolute Gasteiger partial charge is 0.408 e. The van der Waals surface area contributed by atoms with Crippen LogP contribution in [0.3, 0.4) is 0 Å². The first kappa shape index (κ1) is 31.2. The van der Waals surface area contributed by atoms with Crippen molar-refractivity contribution in [1.29, 1.82) is 0 Å². The van der Waals surface area contributed by atoms with E-state index < -0.39 is 29.7 Å². The lowest BCUT2D eigenvalue weighted by Crippen LogP contribution is -2.54. The maximum atomic E-state index is 14.1. The Bertz CT molecular complexity index is 1150. The number of nitrogens with zero attached hydrogens (tertiary/aromatic N) is 1. The second-order valence-electron chi connectivity index (χ2n) is 10.4. The molecule has 8 nitrogen and oxygen atoms in total. The average molecular weight is 536 g/mol. The van der Waals surface area contributed by atoms with Gasteiger partial charge in [-0.1, -0.05) is 45.2 Å². The molecule has 2 N–H and O–H groups in total. The molecule has 2 aromatic carbocycles. The van der Waals surface area contributed by atoms with Gasteiger partial charge in [-0.2, -0.15) is 0 Å². The van der Waals surface area contributed by atoms with Crippen molar-refractivity contribution in [2.24, 2.45) is 5.92 Å². The fraction of sp³-hybridized carbons (Fsp3) is 0.452. The van der Waals surface area contributed by atoms with Crippen LogP contribution in [-0.2, 0) is 14.3 Å². The highest BCUT2D eigenvalue weighted by atomic mass is 16.6. The maximum Gasteiger partial charge on any atom is 0.408 e. The summed E-state index contributed by atoms with van der Waals surface area (Å²) in [6.45, 7) is 11.3. The van der Waals surface area contributed by atoms with E-state index in [2.05, 4.69) is 16.6 Å². The molecule has 0 aliphatic rings. The number of carbonyl (C=O) groups excluding carboxylic acids is 3. The number of amides is 3. The van der Waals surface area contributed by atoms with Crippen molar-refractivity contribution in [3.8, 4) is 18.1 Å². The number of rotatable bonds is 11. The maximum absolute atomic E-state index is 14.1. The normalized spacial score (nSPS) is 13.3. The van der Waals surface area contributed by atoms with Crippen molar-refractivity contribution in [3.05, 3.63) is 59.7 Å². The largest absolute Gasteiger partial charge is 0.497 e. The summed E-state index contributed by atoms with van der Waals surface area (Å²) in [7, 11) is 1.57. The van der Waals surface area contributed by atoms with E-state index in [9.17, 15) is 14.4 Å². The molecule has 0 spiro atoms. The van der Waals surface area contributed by atoms with Crippen LogP contribution in [0.4, 0.5) is 10.5 Å². The molecule has 0 aromatic heterocycles. The third-order valence-corrected chi connectivity index (χ3v) is 6.21. The standard InChI is InChI=1S/C31H41N3O5/c1-9-20-34(29(36)26(21(4)10-2)33-30(37)39-31(5,6)7)27(23-14-12-22(11-3)13-15-23)28(35)32-24-16-18-25(38-8)19-17-24/h3,12-19,21,26-27H,9-10,20H2,1-2,4-8H3,(H,32,35)(H,33,37). The number of benzene rings is 2. The zero-order valence-electron chi connectivity index (χ0n) is 24.0. The molecule has 2 aromatic rings. The quantitative estimate of drug-likeness (QED) is 0.369. The van der Waals surface area contributed by atoms with E-state index in [1.807, 2.05) is 20.8 Å². The van der Waals surface area contributed by atoms with Crippen LogP contribution in [-0.4, -0.2) is 48.1 Å². The molecular formula is C31H41N3O5. The first-order valence-corrected chi connectivity index (χ1v) is 13.3. The van der Waals surface area contributed by atoms with Gasteiger partial charge >= 0.3 is 6.09 Å². The van der Waals surface area contributed by atoms with Crippen LogP contribution in [0.15, 0.2) is 48.5 Å². The highest BCUT2D eigenvalue weighted by molar-refractivity contribution is 5.99. The molecule has 8 heteroatoms. The van der Waals surface area contributed by atoms with Crippen LogP contribution < -0.4 is 15.4 Å². The average Bonchev–Trinajstić information content (AvgIpc) is 2.90. The number of carbonyl (C=O) groups is 3. The van der Waals surface area contributed by atoms with Gasteiger partial charge in [-0.05, 0) is 75.1 Å². The van der Waals surface area contributed by atoms with E-state index in [1.54, 1.807) is 76.4 Å². The fourth-order valence-corrected chi connectivity index (χ4v) is 4.02. The first-order chi connectivity index (χ1) is 18.4. The molecule has 0 saturated carbocycles. The van der Waals surface area contributed by atoms with Gasteiger partial charge in [0.25, 0.3) is 5.91 Å². The van der Waals surface area contributed by atoms with Crippen molar-refractivity contribution in [1.82, 2.24) is 10.2 Å². The van der Waals surface area contributed by atoms with Crippen molar-refractivity contribution in [3.63, 3.8) is 0 Å². The predicted octanol–water partition coefficient (Wildman–Crippen LogP) is 5.53. The van der Waals surface area contributed by atoms with E-state index >= 15 is 0 Å². The number of anilines is 1. The molecular weight excluding hydrogens is 494 g/mol. The zero-order valence-corrected chi connectivity index (χ0v) is 24.0. The number of ether oxygens (including phenoxy) is 2. The molecule has 3 unspecified atom stereocenters. The van der Waals surface area contributed by atoms with Crippen molar-refractivity contribution < 1.29 is 23.9 Å². The van der Waals surface area contributed by atoms with E-state index in [4.69, 9.17) is 15.9 Å². The van der Waals surface area contributed by atoms with Gasteiger partial charge in [-0.3, -0.25) is 9.59 Å². The Hall–Kier alpha value is -3.99. The molecule has 0 aliphatic carbocycles. The Labute approximate surface area is 232 Å². The van der Waals surface area contributed by atoms with Gasteiger partial charge in [0.15, 0.2) is 0 Å². The number of hydrogen-bond acceptors (Lipinski definition) is 5. The molecule has 2 rings (SSSR count). The minimum atomic E-state index is -0.974. The van der Waals surface area contributed by atoms with Crippen LogP contribution in [0.25, 0.3) is 0 Å². The molecule has 0 heterocycles. The Morgan fingerprint density at radius 1 is 1.03 bits per heavy atom. The van der Waals surface area contributed by atoms with Crippen LogP contribution in [0.1, 0.15) is 71.6 Å². The number of terminal acetylenes is 1. The summed E-state index contributed by atoms with van der Waals surface area (Å²) in [5.74, 6) is 2.26. The second kappa shape index (κ2) is 14.2. The van der Waals surface area contributed by atoms with E-state index in [1.165, 1.54) is 4.90 Å². The number of methoxy groups -OCH3 is 1. The van der Waals surface area contributed by atoms with E-state index in [-0.39, 0.29) is 11.8 Å². The first-order valence-electron chi connectivity index (χ1n) is 13.3. The fourth-order valence-electron chi connectivity index (χ4n) is 4.02. The van der Waals surface area contributed by atoms with Crippen LogP contribution in [0.2, 0.25) is 0 Å². The molecule has 39 heavy (non-hydrogen) atoms. The molecule has 3 atom stereocenters. The minimum absolute atomic E-state index is 0.210. The van der Waals surface area contributed by atoms with E-state index in [0.29, 0.717) is 42.0 Å². The summed E-state index contributed by atoms with van der Waals surface area (Å²) in [6, 6.07) is 12.1. The van der Waals surface area contributed by atoms with Gasteiger partial charge in [0, 0.05) is 17.8 Å². The monoisotopic (exact) mass is 535 g/mol. The predicted molar refractivity (Wildman–Crippen MR) is 153 cm³/mol. The lowest BCUT2D eigenvalue weighted by Gasteiger charge is -2.36. The van der Waals surface area contributed by atoms with Crippen molar-refractivity contribution in [2.75, 3.05) is 19.0 Å². The zero-order chi connectivity index (χ0) is 29.2. The van der Waals surface area contributed by atoms with E-state index in [0.717, 1.165) is 0 Å². The molecule has 0 aliphatic heterocycles. The summed E-state index contributed by atoms with van der Waals surface area (Å²) in [5, 5.41) is 5.69. The number of alkyl carbamates (subject to hydrolysis) is 1. The Morgan fingerprint density at radius 2 is 1.64 bits per heavy atom. The second-order valence-corrected chi connectivity index (χ2v) is 10.4. The lowest BCUT2D eigenvalue weighted by molar-refractivity contribution is -0.141. The van der Waals surface area contributed by atoms with Gasteiger partial charge < -0.3 is 25.0 Å². The van der Waals surface area contributed by atoms with Crippen LogP contribution >= 0.6 is 0 Å². The Morgan fingerprint density at radius 3 is 2.13 bits per heavy atom. The third kappa shape index (κ3) is 9.06. The summed E-state index contributed by atoms with van der Waals surface area (Å²) < 4.78 is 10.6. The van der Waals surface area contributed by atoms with Gasteiger partial charge in [-0.25, -0.2) is 4.79 Å². The molecule has 3 amide bonds. The van der Waals surface area contributed by atoms with Gasteiger partial charge in [0.1, 0.15) is 23.4 Å². The van der Waals surface area contributed by atoms with Gasteiger partial charge in [-0.15, -0.1) is 6.42 Å². The Kier molecular flexibility index (Phi) is 11.4. The SMILES string of the molecule is C#Cc1ccc(C(C(=O)Nc2ccc(OC)cc2)N(CCC)C(=O)C(NC(=O)OC(C)(C)C)C(C)CC)cc1. The molecule has 0 radical (unpaired) electrons.